The molecule has 0 unspecified atom stereocenters. The monoisotopic (exact) mass is 266 g/mol. The van der Waals surface area contributed by atoms with Crippen LogP contribution in [0, 0.1) is 5.92 Å². The van der Waals surface area contributed by atoms with Gasteiger partial charge in [-0.15, -0.1) is 0 Å². The van der Waals surface area contributed by atoms with Crippen molar-refractivity contribution in [2.24, 2.45) is 5.92 Å². The fraction of sp³-hybridized carbons (Fsp3) is 0.733. The third kappa shape index (κ3) is 5.45. The van der Waals surface area contributed by atoms with Crippen molar-refractivity contribution in [2.75, 3.05) is 0 Å². The van der Waals surface area contributed by atoms with E-state index in [1.807, 2.05) is 6.92 Å². The van der Waals surface area contributed by atoms with E-state index >= 15 is 0 Å². The van der Waals surface area contributed by atoms with Crippen LogP contribution in [0.3, 0.4) is 0 Å². The summed E-state index contributed by atoms with van der Waals surface area (Å²) in [5.74, 6) is -0.324. The van der Waals surface area contributed by atoms with E-state index in [9.17, 15) is 9.59 Å². The van der Waals surface area contributed by atoms with Gasteiger partial charge < -0.3 is 10.6 Å². The normalized spacial score (nSPS) is 31.6. The van der Waals surface area contributed by atoms with Crippen molar-refractivity contribution < 1.29 is 9.59 Å². The van der Waals surface area contributed by atoms with Gasteiger partial charge in [-0.05, 0) is 25.7 Å². The highest BCUT2D eigenvalue weighted by molar-refractivity contribution is 5.85. The van der Waals surface area contributed by atoms with Crippen LogP contribution >= 0.6 is 0 Å². The van der Waals surface area contributed by atoms with E-state index in [4.69, 9.17) is 0 Å². The highest BCUT2D eigenvalue weighted by atomic mass is 16.2. The standard InChI is InChI=1S/C15H26N2O2/c1-4-12-8-6-7-9-13(5-2)17-15(19)11(3)10-14(18)16-12/h6-7,11-13H,4-5,8-10H2,1-3H3,(H,16,18)(H,17,19)/b7-6-/t11-,12-,13-/m0/s1. The Hall–Kier alpha value is -1.32. The predicted octanol–water partition coefficient (Wildman–Crippen LogP) is 2.15. The quantitative estimate of drug-likeness (QED) is 0.752. The minimum atomic E-state index is -0.269. The minimum Gasteiger partial charge on any atom is -0.353 e. The smallest absolute Gasteiger partial charge is 0.223 e. The molecule has 0 fully saturated rings. The van der Waals surface area contributed by atoms with Gasteiger partial charge in [-0.2, -0.15) is 0 Å². The molecular weight excluding hydrogens is 240 g/mol. The summed E-state index contributed by atoms with van der Waals surface area (Å²) in [5, 5.41) is 6.00. The zero-order valence-corrected chi connectivity index (χ0v) is 12.2. The zero-order valence-electron chi connectivity index (χ0n) is 12.2. The van der Waals surface area contributed by atoms with Crippen LogP contribution in [0.5, 0.6) is 0 Å². The topological polar surface area (TPSA) is 58.2 Å². The molecular formula is C15H26N2O2. The Morgan fingerprint density at radius 2 is 1.58 bits per heavy atom. The summed E-state index contributed by atoms with van der Waals surface area (Å²) in [6.07, 6.45) is 8.02. The predicted molar refractivity (Wildman–Crippen MR) is 76.6 cm³/mol. The van der Waals surface area contributed by atoms with Crippen molar-refractivity contribution in [2.45, 2.75) is 65.0 Å². The molecule has 0 radical (unpaired) electrons. The molecule has 0 bridgehead atoms. The van der Waals surface area contributed by atoms with E-state index in [-0.39, 0.29) is 36.2 Å². The number of amides is 2. The van der Waals surface area contributed by atoms with Crippen LogP contribution in [0.4, 0.5) is 0 Å². The van der Waals surface area contributed by atoms with Gasteiger partial charge in [0.25, 0.3) is 0 Å². The van der Waals surface area contributed by atoms with Crippen molar-refractivity contribution in [1.82, 2.24) is 10.6 Å². The van der Waals surface area contributed by atoms with Gasteiger partial charge in [0, 0.05) is 24.4 Å². The van der Waals surface area contributed by atoms with Gasteiger partial charge in [0.2, 0.25) is 11.8 Å². The van der Waals surface area contributed by atoms with Gasteiger partial charge in [-0.1, -0.05) is 32.9 Å². The lowest BCUT2D eigenvalue weighted by Crippen LogP contribution is -2.41. The van der Waals surface area contributed by atoms with Crippen molar-refractivity contribution >= 4 is 11.8 Å². The van der Waals surface area contributed by atoms with Crippen LogP contribution in [0.1, 0.15) is 52.9 Å². The molecule has 0 aromatic carbocycles. The molecule has 1 heterocycles. The van der Waals surface area contributed by atoms with Gasteiger partial charge in [0.15, 0.2) is 0 Å². The number of hydrogen-bond donors (Lipinski definition) is 2. The molecule has 4 nitrogen and oxygen atoms in total. The lowest BCUT2D eigenvalue weighted by molar-refractivity contribution is -0.130. The lowest BCUT2D eigenvalue weighted by Gasteiger charge is -2.21. The fourth-order valence-corrected chi connectivity index (χ4v) is 2.18. The van der Waals surface area contributed by atoms with E-state index in [2.05, 4.69) is 36.6 Å². The van der Waals surface area contributed by atoms with Crippen molar-refractivity contribution in [3.8, 4) is 0 Å². The van der Waals surface area contributed by atoms with E-state index in [1.54, 1.807) is 0 Å². The molecule has 2 amide bonds. The molecule has 1 rings (SSSR count). The third-order valence-electron chi connectivity index (χ3n) is 3.64. The summed E-state index contributed by atoms with van der Waals surface area (Å²) in [6, 6.07) is 0.354. The highest BCUT2D eigenvalue weighted by Gasteiger charge is 2.20. The molecule has 0 aromatic rings. The zero-order chi connectivity index (χ0) is 14.3. The molecule has 108 valence electrons. The molecule has 19 heavy (non-hydrogen) atoms. The fourth-order valence-electron chi connectivity index (χ4n) is 2.18. The maximum absolute atomic E-state index is 12.0. The number of carbonyl (C=O) groups is 2. The summed E-state index contributed by atoms with van der Waals surface area (Å²) >= 11 is 0. The van der Waals surface area contributed by atoms with Crippen molar-refractivity contribution in [3.63, 3.8) is 0 Å². The molecule has 2 N–H and O–H groups in total. The Kier molecular flexibility index (Phi) is 6.60. The molecule has 3 atom stereocenters. The molecule has 1 aliphatic heterocycles. The Morgan fingerprint density at radius 3 is 2.11 bits per heavy atom. The van der Waals surface area contributed by atoms with Crippen LogP contribution in [0.25, 0.3) is 0 Å². The first kappa shape index (κ1) is 15.7. The average Bonchev–Trinajstić information content (AvgIpc) is 2.38. The van der Waals surface area contributed by atoms with Crippen LogP contribution in [-0.2, 0) is 9.59 Å². The third-order valence-corrected chi connectivity index (χ3v) is 3.64. The maximum atomic E-state index is 12.0. The van der Waals surface area contributed by atoms with Crippen molar-refractivity contribution in [1.29, 1.82) is 0 Å². The summed E-state index contributed by atoms with van der Waals surface area (Å²) in [7, 11) is 0. The van der Waals surface area contributed by atoms with E-state index in [1.165, 1.54) is 0 Å². The Balaban J connectivity index is 2.76. The minimum absolute atomic E-state index is 0.0241. The number of nitrogens with one attached hydrogen (secondary N) is 2. The Bertz CT molecular complexity index is 339. The first-order valence-corrected chi connectivity index (χ1v) is 7.31. The first-order chi connectivity index (χ1) is 9.06. The van der Waals surface area contributed by atoms with Crippen LogP contribution in [0.2, 0.25) is 0 Å². The first-order valence-electron chi connectivity index (χ1n) is 7.31. The van der Waals surface area contributed by atoms with Gasteiger partial charge in [-0.25, -0.2) is 0 Å². The van der Waals surface area contributed by atoms with E-state index in [0.717, 1.165) is 25.7 Å². The molecule has 0 spiro atoms. The summed E-state index contributed by atoms with van der Waals surface area (Å²) in [6.45, 7) is 5.94. The molecule has 1 aliphatic rings. The molecule has 4 heteroatoms. The second-order valence-corrected chi connectivity index (χ2v) is 5.33. The highest BCUT2D eigenvalue weighted by Crippen LogP contribution is 2.09. The molecule has 0 saturated heterocycles. The molecule has 0 aromatic heterocycles. The molecule has 0 saturated carbocycles. The van der Waals surface area contributed by atoms with E-state index < -0.39 is 0 Å². The largest absolute Gasteiger partial charge is 0.353 e. The van der Waals surface area contributed by atoms with Crippen LogP contribution < -0.4 is 10.6 Å². The van der Waals surface area contributed by atoms with Crippen LogP contribution in [0.15, 0.2) is 12.2 Å². The maximum Gasteiger partial charge on any atom is 0.223 e. The van der Waals surface area contributed by atoms with E-state index in [0.29, 0.717) is 0 Å². The summed E-state index contributed by atoms with van der Waals surface area (Å²) in [5.41, 5.74) is 0. The summed E-state index contributed by atoms with van der Waals surface area (Å²) < 4.78 is 0. The van der Waals surface area contributed by atoms with Gasteiger partial charge in [-0.3, -0.25) is 9.59 Å². The van der Waals surface area contributed by atoms with Gasteiger partial charge in [0.05, 0.1) is 0 Å². The number of rotatable bonds is 2. The Morgan fingerprint density at radius 1 is 1.05 bits per heavy atom. The second kappa shape index (κ2) is 7.97. The van der Waals surface area contributed by atoms with Crippen molar-refractivity contribution in [3.05, 3.63) is 12.2 Å². The number of hydrogen-bond acceptors (Lipinski definition) is 2. The number of carbonyl (C=O) groups excluding carboxylic acids is 2. The lowest BCUT2D eigenvalue weighted by atomic mass is 10.0. The van der Waals surface area contributed by atoms with Gasteiger partial charge in [0.1, 0.15) is 0 Å². The average molecular weight is 266 g/mol. The summed E-state index contributed by atoms with van der Waals surface area (Å²) in [4.78, 5) is 23.8. The molecule has 0 aliphatic carbocycles. The van der Waals surface area contributed by atoms with Crippen LogP contribution in [-0.4, -0.2) is 23.9 Å². The Labute approximate surface area is 116 Å². The second-order valence-electron chi connectivity index (χ2n) is 5.33. The van der Waals surface area contributed by atoms with Gasteiger partial charge >= 0.3 is 0 Å². The SMILES string of the molecule is CC[C@H]1C/C=C\C[C@H](CC)NC(=O)[C@@H](C)CC(=O)N1.